The summed E-state index contributed by atoms with van der Waals surface area (Å²) in [5.74, 6) is 0.327. The molecule has 0 bridgehead atoms. The van der Waals surface area contributed by atoms with Crippen LogP contribution in [0.15, 0.2) is 53.5 Å². The van der Waals surface area contributed by atoms with Gasteiger partial charge in [-0.15, -0.1) is 0 Å². The highest BCUT2D eigenvalue weighted by atomic mass is 19.1. The first-order valence-corrected chi connectivity index (χ1v) is 10.3. The lowest BCUT2D eigenvalue weighted by Gasteiger charge is -2.36. The number of carbonyl (C=O) groups excluding carboxylic acids is 1. The van der Waals surface area contributed by atoms with Gasteiger partial charge in [0.25, 0.3) is 0 Å². The largest absolute Gasteiger partial charge is 0.368 e. The third-order valence-electron chi connectivity index (χ3n) is 5.43. The number of guanidine groups is 1. The Bertz CT molecular complexity index is 878. The number of rotatable bonds is 5. The van der Waals surface area contributed by atoms with Crippen molar-refractivity contribution in [2.24, 2.45) is 4.99 Å². The number of anilines is 1. The molecule has 1 heterocycles. The fourth-order valence-corrected chi connectivity index (χ4v) is 3.49. The molecule has 7 heteroatoms. The molecule has 1 saturated heterocycles. The highest BCUT2D eigenvalue weighted by Crippen LogP contribution is 2.17. The first kappa shape index (κ1) is 21.6. The zero-order valence-electron chi connectivity index (χ0n) is 17.9. The van der Waals surface area contributed by atoms with Crippen molar-refractivity contribution in [3.8, 4) is 0 Å². The summed E-state index contributed by atoms with van der Waals surface area (Å²) in [7, 11) is 1.65. The summed E-state index contributed by atoms with van der Waals surface area (Å²) in [4.78, 5) is 21.0. The molecule has 1 atom stereocenters. The first-order valence-electron chi connectivity index (χ1n) is 10.3. The Morgan fingerprint density at radius 3 is 2.47 bits per heavy atom. The average molecular weight is 412 g/mol. The van der Waals surface area contributed by atoms with Gasteiger partial charge in [-0.05, 0) is 43.2 Å². The first-order chi connectivity index (χ1) is 14.5. The third kappa shape index (κ3) is 5.49. The van der Waals surface area contributed by atoms with E-state index in [-0.39, 0.29) is 24.3 Å². The zero-order valence-corrected chi connectivity index (χ0v) is 17.9. The maximum atomic E-state index is 13.8. The Hall–Kier alpha value is -3.09. The van der Waals surface area contributed by atoms with Crippen LogP contribution in [0.4, 0.5) is 10.1 Å². The van der Waals surface area contributed by atoms with E-state index in [0.29, 0.717) is 24.6 Å². The highest BCUT2D eigenvalue weighted by Gasteiger charge is 2.21. The van der Waals surface area contributed by atoms with Gasteiger partial charge >= 0.3 is 0 Å². The van der Waals surface area contributed by atoms with Crippen LogP contribution in [0.5, 0.6) is 0 Å². The monoisotopic (exact) mass is 411 g/mol. The van der Waals surface area contributed by atoms with E-state index >= 15 is 0 Å². The summed E-state index contributed by atoms with van der Waals surface area (Å²) >= 11 is 0. The lowest BCUT2D eigenvalue weighted by molar-refractivity contribution is -0.130. The molecule has 1 amide bonds. The SMILES string of the molecule is CN=C(NCC(=O)N1CCN(c2ccccc2)CC1)NC(C)c1ccc(C)c(F)c1. The van der Waals surface area contributed by atoms with Crippen LogP contribution in [0.3, 0.4) is 0 Å². The highest BCUT2D eigenvalue weighted by molar-refractivity contribution is 5.86. The summed E-state index contributed by atoms with van der Waals surface area (Å²) in [5, 5.41) is 6.29. The maximum absolute atomic E-state index is 13.8. The van der Waals surface area contributed by atoms with Crippen molar-refractivity contribution in [1.29, 1.82) is 0 Å². The van der Waals surface area contributed by atoms with Gasteiger partial charge in [0, 0.05) is 38.9 Å². The molecule has 0 aromatic heterocycles. The fourth-order valence-electron chi connectivity index (χ4n) is 3.49. The van der Waals surface area contributed by atoms with E-state index < -0.39 is 0 Å². The van der Waals surface area contributed by atoms with Crippen LogP contribution in [-0.2, 0) is 4.79 Å². The van der Waals surface area contributed by atoms with Crippen LogP contribution in [0.2, 0.25) is 0 Å². The lowest BCUT2D eigenvalue weighted by Crippen LogP contribution is -2.52. The van der Waals surface area contributed by atoms with Crippen LogP contribution in [-0.4, -0.2) is 56.5 Å². The van der Waals surface area contributed by atoms with Crippen molar-refractivity contribution in [1.82, 2.24) is 15.5 Å². The minimum atomic E-state index is -0.228. The smallest absolute Gasteiger partial charge is 0.242 e. The van der Waals surface area contributed by atoms with Crippen LogP contribution in [0, 0.1) is 12.7 Å². The number of carbonyl (C=O) groups is 1. The number of benzene rings is 2. The van der Waals surface area contributed by atoms with Crippen molar-refractivity contribution in [2.45, 2.75) is 19.9 Å². The number of hydrogen-bond donors (Lipinski definition) is 2. The van der Waals surface area contributed by atoms with Crippen molar-refractivity contribution < 1.29 is 9.18 Å². The molecule has 3 rings (SSSR count). The molecule has 2 aromatic carbocycles. The Morgan fingerprint density at radius 2 is 1.83 bits per heavy atom. The van der Waals surface area contributed by atoms with Gasteiger partial charge in [-0.25, -0.2) is 4.39 Å². The second-order valence-electron chi connectivity index (χ2n) is 7.50. The van der Waals surface area contributed by atoms with Crippen molar-refractivity contribution in [3.63, 3.8) is 0 Å². The van der Waals surface area contributed by atoms with E-state index in [1.165, 1.54) is 11.8 Å². The number of nitrogens with zero attached hydrogens (tertiary/aromatic N) is 3. The molecule has 0 spiro atoms. The molecule has 0 aliphatic carbocycles. The standard InChI is InChI=1S/C23H30FN5O/c1-17-9-10-19(15-21(17)24)18(2)27-23(25-3)26-16-22(30)29-13-11-28(12-14-29)20-7-5-4-6-8-20/h4-10,15,18H,11-14,16H2,1-3H3,(H2,25,26,27). The predicted molar refractivity (Wildman–Crippen MR) is 119 cm³/mol. The van der Waals surface area contributed by atoms with Gasteiger partial charge in [-0.1, -0.05) is 30.3 Å². The van der Waals surface area contributed by atoms with Gasteiger partial charge in [-0.2, -0.15) is 0 Å². The van der Waals surface area contributed by atoms with Gasteiger partial charge in [0.2, 0.25) is 5.91 Å². The van der Waals surface area contributed by atoms with Crippen LogP contribution in [0.25, 0.3) is 0 Å². The van der Waals surface area contributed by atoms with Gasteiger partial charge < -0.3 is 20.4 Å². The quantitative estimate of drug-likeness (QED) is 0.587. The Kier molecular flexibility index (Phi) is 7.27. The van der Waals surface area contributed by atoms with E-state index in [1.54, 1.807) is 20.0 Å². The molecule has 1 aliphatic heterocycles. The number of aryl methyl sites for hydroxylation is 1. The minimum Gasteiger partial charge on any atom is -0.368 e. The predicted octanol–water partition coefficient (Wildman–Crippen LogP) is 2.71. The zero-order chi connectivity index (χ0) is 21.5. The number of nitrogens with one attached hydrogen (secondary N) is 2. The van der Waals surface area contributed by atoms with Gasteiger partial charge in [0.1, 0.15) is 5.82 Å². The van der Waals surface area contributed by atoms with Gasteiger partial charge in [0.05, 0.1) is 12.6 Å². The normalized spacial score (nSPS) is 15.7. The van der Waals surface area contributed by atoms with E-state index in [1.807, 2.05) is 36.1 Å². The van der Waals surface area contributed by atoms with Crippen molar-refractivity contribution >= 4 is 17.6 Å². The van der Waals surface area contributed by atoms with E-state index in [4.69, 9.17) is 0 Å². The van der Waals surface area contributed by atoms with E-state index in [2.05, 4.69) is 32.7 Å². The second kappa shape index (κ2) is 10.1. The molecule has 1 fully saturated rings. The average Bonchev–Trinajstić information content (AvgIpc) is 2.78. The maximum Gasteiger partial charge on any atom is 0.242 e. The topological polar surface area (TPSA) is 60.0 Å². The third-order valence-corrected chi connectivity index (χ3v) is 5.43. The number of aliphatic imine (C=N–C) groups is 1. The van der Waals surface area contributed by atoms with E-state index in [0.717, 1.165) is 18.7 Å². The minimum absolute atomic E-state index is 0.0414. The second-order valence-corrected chi connectivity index (χ2v) is 7.50. The molecular formula is C23H30FN5O. The fraction of sp³-hybridized carbons (Fsp3) is 0.391. The molecule has 2 N–H and O–H groups in total. The van der Waals surface area contributed by atoms with E-state index in [9.17, 15) is 9.18 Å². The number of para-hydroxylation sites is 1. The number of amides is 1. The molecule has 30 heavy (non-hydrogen) atoms. The summed E-state index contributed by atoms with van der Waals surface area (Å²) < 4.78 is 13.8. The van der Waals surface area contributed by atoms with Gasteiger partial charge in [0.15, 0.2) is 5.96 Å². The molecule has 6 nitrogen and oxygen atoms in total. The molecule has 1 aliphatic rings. The molecule has 1 unspecified atom stereocenters. The summed E-state index contributed by atoms with van der Waals surface area (Å²) in [6.07, 6.45) is 0. The van der Waals surface area contributed by atoms with Crippen LogP contribution < -0.4 is 15.5 Å². The Labute approximate surface area is 177 Å². The van der Waals surface area contributed by atoms with Crippen LogP contribution in [0.1, 0.15) is 24.1 Å². The molecule has 0 radical (unpaired) electrons. The molecule has 160 valence electrons. The summed E-state index contributed by atoms with van der Waals surface area (Å²) in [6.45, 7) is 6.86. The number of hydrogen-bond acceptors (Lipinski definition) is 3. The van der Waals surface area contributed by atoms with Gasteiger partial charge in [-0.3, -0.25) is 9.79 Å². The molecule has 0 saturated carbocycles. The lowest BCUT2D eigenvalue weighted by atomic mass is 10.1. The Balaban J connectivity index is 1.46. The van der Waals surface area contributed by atoms with Crippen LogP contribution >= 0.6 is 0 Å². The summed E-state index contributed by atoms with van der Waals surface area (Å²) in [6, 6.07) is 15.3. The Morgan fingerprint density at radius 1 is 1.13 bits per heavy atom. The number of piperazine rings is 1. The van der Waals surface area contributed by atoms with Crippen molar-refractivity contribution in [3.05, 3.63) is 65.5 Å². The molecule has 2 aromatic rings. The van der Waals surface area contributed by atoms with Crippen molar-refractivity contribution in [2.75, 3.05) is 44.7 Å². The molecular weight excluding hydrogens is 381 g/mol. The summed E-state index contributed by atoms with van der Waals surface area (Å²) in [5.41, 5.74) is 2.63. The number of halogens is 1.